The summed E-state index contributed by atoms with van der Waals surface area (Å²) in [5.41, 5.74) is 1.14. The molecular weight excluding hydrogens is 308 g/mol. The van der Waals surface area contributed by atoms with Crippen molar-refractivity contribution in [3.63, 3.8) is 0 Å². The van der Waals surface area contributed by atoms with Crippen LogP contribution in [0.4, 0.5) is 11.4 Å². The highest BCUT2D eigenvalue weighted by Crippen LogP contribution is 2.26. The van der Waals surface area contributed by atoms with Crippen LogP contribution in [-0.2, 0) is 4.79 Å². The number of hydrogen-bond donors (Lipinski definition) is 2. The molecule has 1 aromatic heterocycles. The zero-order valence-corrected chi connectivity index (χ0v) is 13.1. The molecule has 0 aliphatic rings. The molecule has 0 atom stereocenters. The Morgan fingerprint density at radius 2 is 2.05 bits per heavy atom. The Labute approximate surface area is 132 Å². The fraction of sp³-hybridized carbons (Fsp3) is 0.200. The Balaban J connectivity index is 2.05. The second-order valence-electron chi connectivity index (χ2n) is 4.42. The van der Waals surface area contributed by atoms with E-state index in [1.54, 1.807) is 24.3 Å². The van der Waals surface area contributed by atoms with Crippen LogP contribution in [-0.4, -0.2) is 11.8 Å². The van der Waals surface area contributed by atoms with Gasteiger partial charge in [-0.25, -0.2) is 0 Å². The van der Waals surface area contributed by atoms with E-state index in [2.05, 4.69) is 10.6 Å². The zero-order chi connectivity index (χ0) is 15.2. The number of thiophene rings is 1. The second-order valence-corrected chi connectivity index (χ2v) is 5.78. The summed E-state index contributed by atoms with van der Waals surface area (Å²) in [7, 11) is 0. The van der Waals surface area contributed by atoms with Crippen molar-refractivity contribution in [3.8, 4) is 0 Å². The monoisotopic (exact) mass is 322 g/mol. The van der Waals surface area contributed by atoms with Crippen LogP contribution in [0.2, 0.25) is 5.02 Å². The number of carbonyl (C=O) groups excluding carboxylic acids is 2. The molecule has 0 bridgehead atoms. The lowest BCUT2D eigenvalue weighted by atomic mass is 10.2. The fourth-order valence-corrected chi connectivity index (χ4v) is 2.58. The van der Waals surface area contributed by atoms with E-state index in [-0.39, 0.29) is 11.8 Å². The normalized spacial score (nSPS) is 10.2. The molecule has 0 saturated heterocycles. The van der Waals surface area contributed by atoms with Crippen molar-refractivity contribution in [3.05, 3.63) is 45.6 Å². The Hall–Kier alpha value is -1.85. The zero-order valence-electron chi connectivity index (χ0n) is 11.5. The van der Waals surface area contributed by atoms with Crippen molar-refractivity contribution in [1.29, 1.82) is 0 Å². The maximum Gasteiger partial charge on any atom is 0.265 e. The third kappa shape index (κ3) is 4.31. The van der Waals surface area contributed by atoms with E-state index < -0.39 is 0 Å². The molecule has 1 aromatic carbocycles. The summed E-state index contributed by atoms with van der Waals surface area (Å²) in [4.78, 5) is 24.1. The molecule has 0 aliphatic carbocycles. The summed E-state index contributed by atoms with van der Waals surface area (Å²) < 4.78 is 0. The minimum absolute atomic E-state index is 0.0519. The fourth-order valence-electron chi connectivity index (χ4n) is 1.74. The molecule has 0 spiro atoms. The molecule has 21 heavy (non-hydrogen) atoms. The highest BCUT2D eigenvalue weighted by Gasteiger charge is 2.10. The molecule has 2 N–H and O–H groups in total. The van der Waals surface area contributed by atoms with Crippen molar-refractivity contribution in [1.82, 2.24) is 0 Å². The third-order valence-corrected chi connectivity index (χ3v) is 3.90. The number of nitrogens with one attached hydrogen (secondary N) is 2. The molecule has 6 heteroatoms. The van der Waals surface area contributed by atoms with Gasteiger partial charge in [-0.3, -0.25) is 9.59 Å². The quantitative estimate of drug-likeness (QED) is 0.857. The van der Waals surface area contributed by atoms with Gasteiger partial charge in [0, 0.05) is 12.1 Å². The lowest BCUT2D eigenvalue weighted by molar-refractivity contribution is -0.116. The molecule has 110 valence electrons. The van der Waals surface area contributed by atoms with E-state index >= 15 is 0 Å². The van der Waals surface area contributed by atoms with Crippen LogP contribution in [0, 0.1) is 0 Å². The maximum absolute atomic E-state index is 11.9. The van der Waals surface area contributed by atoms with Gasteiger partial charge < -0.3 is 10.6 Å². The number of anilines is 2. The molecule has 0 aliphatic heterocycles. The first-order chi connectivity index (χ1) is 10.1. The molecule has 0 fully saturated rings. The van der Waals surface area contributed by atoms with Crippen LogP contribution >= 0.6 is 22.9 Å². The highest BCUT2D eigenvalue weighted by atomic mass is 35.5. The van der Waals surface area contributed by atoms with Crippen molar-refractivity contribution in [2.75, 3.05) is 10.6 Å². The van der Waals surface area contributed by atoms with Crippen LogP contribution < -0.4 is 10.6 Å². The molecule has 4 nitrogen and oxygen atoms in total. The largest absolute Gasteiger partial charge is 0.326 e. The number of amides is 2. The number of carbonyl (C=O) groups is 2. The topological polar surface area (TPSA) is 58.2 Å². The SMILES string of the molecule is CCCC(=O)Nc1ccc(NC(=O)c2cccs2)c(Cl)c1. The predicted molar refractivity (Wildman–Crippen MR) is 87.3 cm³/mol. The first-order valence-electron chi connectivity index (χ1n) is 6.54. The van der Waals surface area contributed by atoms with Gasteiger partial charge in [0.1, 0.15) is 0 Å². The van der Waals surface area contributed by atoms with Crippen molar-refractivity contribution in [2.45, 2.75) is 19.8 Å². The molecule has 2 aromatic rings. The summed E-state index contributed by atoms with van der Waals surface area (Å²) >= 11 is 7.49. The first kappa shape index (κ1) is 15.5. The number of hydrogen-bond acceptors (Lipinski definition) is 3. The summed E-state index contributed by atoms with van der Waals surface area (Å²) in [5, 5.41) is 7.72. The number of rotatable bonds is 5. The molecular formula is C15H15ClN2O2S. The Bertz CT molecular complexity index is 641. The van der Waals surface area contributed by atoms with Gasteiger partial charge in [-0.05, 0) is 36.1 Å². The molecule has 2 amide bonds. The lowest BCUT2D eigenvalue weighted by Crippen LogP contribution is -2.12. The molecule has 0 radical (unpaired) electrons. The van der Waals surface area contributed by atoms with E-state index in [4.69, 9.17) is 11.6 Å². The van der Waals surface area contributed by atoms with Crippen LogP contribution in [0.25, 0.3) is 0 Å². The van der Waals surface area contributed by atoms with Crippen LogP contribution in [0.15, 0.2) is 35.7 Å². The summed E-state index contributed by atoms with van der Waals surface area (Å²) in [6.45, 7) is 1.94. The van der Waals surface area contributed by atoms with Gasteiger partial charge in [0.15, 0.2) is 0 Å². The van der Waals surface area contributed by atoms with Gasteiger partial charge in [0.05, 0.1) is 15.6 Å². The Morgan fingerprint density at radius 1 is 1.24 bits per heavy atom. The van der Waals surface area contributed by atoms with Gasteiger partial charge in [-0.1, -0.05) is 24.6 Å². The van der Waals surface area contributed by atoms with Gasteiger partial charge >= 0.3 is 0 Å². The lowest BCUT2D eigenvalue weighted by Gasteiger charge is -2.09. The summed E-state index contributed by atoms with van der Waals surface area (Å²) in [6.07, 6.45) is 1.25. The second kappa shape index (κ2) is 7.24. The molecule has 0 unspecified atom stereocenters. The van der Waals surface area contributed by atoms with Crippen LogP contribution in [0.1, 0.15) is 29.4 Å². The highest BCUT2D eigenvalue weighted by molar-refractivity contribution is 7.12. The van der Waals surface area contributed by atoms with Gasteiger partial charge in [-0.15, -0.1) is 11.3 Å². The Morgan fingerprint density at radius 3 is 2.67 bits per heavy atom. The van der Waals surface area contributed by atoms with E-state index in [9.17, 15) is 9.59 Å². The Kier molecular flexibility index (Phi) is 5.36. The maximum atomic E-state index is 11.9. The predicted octanol–water partition coefficient (Wildman–Crippen LogP) is 4.39. The summed E-state index contributed by atoms with van der Waals surface area (Å²) in [5.74, 6) is -0.251. The number of halogens is 1. The third-order valence-electron chi connectivity index (χ3n) is 2.72. The first-order valence-corrected chi connectivity index (χ1v) is 7.80. The van der Waals surface area contributed by atoms with Crippen molar-refractivity contribution >= 4 is 46.1 Å². The summed E-state index contributed by atoms with van der Waals surface area (Å²) in [6, 6.07) is 8.57. The smallest absolute Gasteiger partial charge is 0.265 e. The average Bonchev–Trinajstić information content (AvgIpc) is 2.96. The van der Waals surface area contributed by atoms with E-state index in [1.807, 2.05) is 18.4 Å². The van der Waals surface area contributed by atoms with Crippen LogP contribution in [0.3, 0.4) is 0 Å². The van der Waals surface area contributed by atoms with Gasteiger partial charge in [0.25, 0.3) is 5.91 Å². The molecule has 2 rings (SSSR count). The van der Waals surface area contributed by atoms with E-state index in [1.165, 1.54) is 11.3 Å². The van der Waals surface area contributed by atoms with Gasteiger partial charge in [-0.2, -0.15) is 0 Å². The van der Waals surface area contributed by atoms with Crippen molar-refractivity contribution in [2.24, 2.45) is 0 Å². The van der Waals surface area contributed by atoms with Crippen LogP contribution in [0.5, 0.6) is 0 Å². The minimum Gasteiger partial charge on any atom is -0.326 e. The van der Waals surface area contributed by atoms with Crippen molar-refractivity contribution < 1.29 is 9.59 Å². The van der Waals surface area contributed by atoms with E-state index in [0.29, 0.717) is 27.7 Å². The standard InChI is InChI=1S/C15H15ClN2O2S/c1-2-4-14(19)17-10-6-7-12(11(16)9-10)18-15(20)13-5-3-8-21-13/h3,5-9H,2,4H2,1H3,(H,17,19)(H,18,20). The van der Waals surface area contributed by atoms with Gasteiger partial charge in [0.2, 0.25) is 5.91 Å². The van der Waals surface area contributed by atoms with E-state index in [0.717, 1.165) is 6.42 Å². The molecule has 1 heterocycles. The number of benzene rings is 1. The average molecular weight is 323 g/mol. The molecule has 0 saturated carbocycles. The minimum atomic E-state index is -0.199.